The number of halogens is 1. The molecule has 1 unspecified atom stereocenters. The predicted molar refractivity (Wildman–Crippen MR) is 69.7 cm³/mol. The van der Waals surface area contributed by atoms with E-state index in [1.54, 1.807) is 7.11 Å². The molecule has 1 aliphatic carbocycles. The zero-order valence-corrected chi connectivity index (χ0v) is 11.4. The van der Waals surface area contributed by atoms with Gasteiger partial charge < -0.3 is 14.6 Å². The van der Waals surface area contributed by atoms with Gasteiger partial charge in [0.2, 0.25) is 0 Å². The molecule has 0 amide bonds. The highest BCUT2D eigenvalue weighted by Crippen LogP contribution is 2.47. The molecule has 0 aromatic heterocycles. The Hall–Kier alpha value is -0.930. The number of ether oxygens (including phenoxy) is 2. The minimum Gasteiger partial charge on any atom is -0.493 e. The number of fused-ring (bicyclic) bond motifs is 1. The van der Waals surface area contributed by atoms with Crippen LogP contribution in [0.4, 0.5) is 0 Å². The third kappa shape index (κ3) is 1.95. The summed E-state index contributed by atoms with van der Waals surface area (Å²) in [6.07, 6.45) is 3.25. The Morgan fingerprint density at radius 3 is 2.89 bits per heavy atom. The molecular weight excluding hydrogens is 252 g/mol. The average molecular weight is 269 g/mol. The van der Waals surface area contributed by atoms with Crippen LogP contribution in [0, 0.1) is 0 Å². The Morgan fingerprint density at radius 2 is 2.28 bits per heavy atom. The van der Waals surface area contributed by atoms with Crippen molar-refractivity contribution >= 4 is 11.6 Å². The second-order valence-corrected chi connectivity index (χ2v) is 5.77. The van der Waals surface area contributed by atoms with Crippen LogP contribution in [0.25, 0.3) is 0 Å². The molecule has 1 N–H and O–H groups in total. The molecule has 2 aliphatic rings. The highest BCUT2D eigenvalue weighted by atomic mass is 35.5. The van der Waals surface area contributed by atoms with Gasteiger partial charge >= 0.3 is 0 Å². The molecular formula is C14H17ClO3. The van der Waals surface area contributed by atoms with Gasteiger partial charge in [-0.1, -0.05) is 11.6 Å². The Bertz CT molecular complexity index is 494. The molecule has 1 aliphatic heterocycles. The summed E-state index contributed by atoms with van der Waals surface area (Å²) in [5, 5.41) is 10.8. The molecule has 3 rings (SSSR count). The first-order chi connectivity index (χ1) is 8.52. The molecule has 3 nitrogen and oxygen atoms in total. The Labute approximate surface area is 112 Å². The van der Waals surface area contributed by atoms with Crippen molar-refractivity contribution in [2.24, 2.45) is 0 Å². The SMILES string of the molecule is COc1cc(CC2(O)CC2)c(Cl)c2c1OC(C)C2. The quantitative estimate of drug-likeness (QED) is 0.916. The van der Waals surface area contributed by atoms with E-state index in [4.69, 9.17) is 21.1 Å². The van der Waals surface area contributed by atoms with E-state index >= 15 is 0 Å². The molecule has 0 bridgehead atoms. The van der Waals surface area contributed by atoms with Gasteiger partial charge in [0, 0.05) is 18.4 Å². The van der Waals surface area contributed by atoms with Crippen LogP contribution in [0.3, 0.4) is 0 Å². The van der Waals surface area contributed by atoms with E-state index in [0.29, 0.717) is 6.42 Å². The van der Waals surface area contributed by atoms with Gasteiger partial charge in [-0.3, -0.25) is 0 Å². The van der Waals surface area contributed by atoms with E-state index in [1.165, 1.54) is 0 Å². The topological polar surface area (TPSA) is 38.7 Å². The van der Waals surface area contributed by atoms with E-state index in [0.717, 1.165) is 46.9 Å². The van der Waals surface area contributed by atoms with Gasteiger partial charge in [0.25, 0.3) is 0 Å². The minimum absolute atomic E-state index is 0.130. The number of aliphatic hydroxyl groups is 1. The largest absolute Gasteiger partial charge is 0.493 e. The molecule has 1 aromatic carbocycles. The van der Waals surface area contributed by atoms with Crippen molar-refractivity contribution < 1.29 is 14.6 Å². The molecule has 98 valence electrons. The summed E-state index contributed by atoms with van der Waals surface area (Å²) in [6, 6.07) is 1.90. The first-order valence-electron chi connectivity index (χ1n) is 6.30. The second kappa shape index (κ2) is 4.04. The molecule has 0 spiro atoms. The van der Waals surface area contributed by atoms with Crippen molar-refractivity contribution in [3.8, 4) is 11.5 Å². The number of methoxy groups -OCH3 is 1. The van der Waals surface area contributed by atoms with Gasteiger partial charge in [-0.25, -0.2) is 0 Å². The molecule has 18 heavy (non-hydrogen) atoms. The maximum Gasteiger partial charge on any atom is 0.166 e. The monoisotopic (exact) mass is 268 g/mol. The van der Waals surface area contributed by atoms with Crippen molar-refractivity contribution in [1.29, 1.82) is 0 Å². The average Bonchev–Trinajstić information content (AvgIpc) is 2.91. The maximum atomic E-state index is 10.0. The van der Waals surface area contributed by atoms with E-state index in [9.17, 15) is 5.11 Å². The number of rotatable bonds is 3. The van der Waals surface area contributed by atoms with Crippen LogP contribution in [-0.2, 0) is 12.8 Å². The van der Waals surface area contributed by atoms with E-state index in [1.807, 2.05) is 13.0 Å². The second-order valence-electron chi connectivity index (χ2n) is 5.39. The first-order valence-corrected chi connectivity index (χ1v) is 6.67. The van der Waals surface area contributed by atoms with Crippen LogP contribution in [0.1, 0.15) is 30.9 Å². The van der Waals surface area contributed by atoms with Gasteiger partial charge in [0.15, 0.2) is 11.5 Å². The van der Waals surface area contributed by atoms with Crippen LogP contribution in [-0.4, -0.2) is 23.9 Å². The first kappa shape index (κ1) is 12.1. The van der Waals surface area contributed by atoms with Gasteiger partial charge in [-0.2, -0.15) is 0 Å². The van der Waals surface area contributed by atoms with E-state index in [2.05, 4.69) is 0 Å². The van der Waals surface area contributed by atoms with Crippen molar-refractivity contribution in [3.05, 3.63) is 22.2 Å². The molecule has 1 saturated carbocycles. The molecule has 4 heteroatoms. The number of benzene rings is 1. The minimum atomic E-state index is -0.548. The Kier molecular flexibility index (Phi) is 2.72. The van der Waals surface area contributed by atoms with Gasteiger partial charge in [-0.15, -0.1) is 0 Å². The van der Waals surface area contributed by atoms with Crippen LogP contribution in [0.5, 0.6) is 11.5 Å². The zero-order valence-electron chi connectivity index (χ0n) is 10.6. The third-order valence-electron chi connectivity index (χ3n) is 3.73. The normalized spacial score (nSPS) is 23.4. The molecule has 0 radical (unpaired) electrons. The molecule has 1 fully saturated rings. The lowest BCUT2D eigenvalue weighted by Gasteiger charge is -2.15. The van der Waals surface area contributed by atoms with Crippen LogP contribution >= 0.6 is 11.6 Å². The summed E-state index contributed by atoms with van der Waals surface area (Å²) < 4.78 is 11.1. The molecule has 0 saturated heterocycles. The van der Waals surface area contributed by atoms with Crippen molar-refractivity contribution in [2.45, 2.75) is 44.3 Å². The van der Waals surface area contributed by atoms with E-state index in [-0.39, 0.29) is 6.10 Å². The fourth-order valence-corrected chi connectivity index (χ4v) is 2.81. The van der Waals surface area contributed by atoms with Gasteiger partial charge in [0.1, 0.15) is 6.10 Å². The summed E-state index contributed by atoms with van der Waals surface area (Å²) in [4.78, 5) is 0. The Balaban J connectivity index is 2.03. The lowest BCUT2D eigenvalue weighted by molar-refractivity contribution is 0.151. The van der Waals surface area contributed by atoms with Crippen molar-refractivity contribution in [2.75, 3.05) is 7.11 Å². The summed E-state index contributed by atoms with van der Waals surface area (Å²) in [7, 11) is 1.63. The fraction of sp³-hybridized carbons (Fsp3) is 0.571. The van der Waals surface area contributed by atoms with Gasteiger partial charge in [0.05, 0.1) is 17.7 Å². The van der Waals surface area contributed by atoms with Crippen LogP contribution < -0.4 is 9.47 Å². The van der Waals surface area contributed by atoms with Crippen LogP contribution in [0.15, 0.2) is 6.07 Å². The smallest absolute Gasteiger partial charge is 0.166 e. The molecule has 1 aromatic rings. The molecule has 1 heterocycles. The number of hydrogen-bond donors (Lipinski definition) is 1. The lowest BCUT2D eigenvalue weighted by atomic mass is 10.0. The fourth-order valence-electron chi connectivity index (χ4n) is 2.53. The predicted octanol–water partition coefficient (Wildman–Crippen LogP) is 2.74. The Morgan fingerprint density at radius 1 is 1.56 bits per heavy atom. The summed E-state index contributed by atoms with van der Waals surface area (Å²) in [5.74, 6) is 1.49. The maximum absolute atomic E-state index is 10.0. The van der Waals surface area contributed by atoms with Gasteiger partial charge in [-0.05, 0) is 31.4 Å². The van der Waals surface area contributed by atoms with Crippen molar-refractivity contribution in [1.82, 2.24) is 0 Å². The van der Waals surface area contributed by atoms with Crippen LogP contribution in [0.2, 0.25) is 5.02 Å². The van der Waals surface area contributed by atoms with Crippen molar-refractivity contribution in [3.63, 3.8) is 0 Å². The summed E-state index contributed by atoms with van der Waals surface area (Å²) in [5.41, 5.74) is 1.43. The number of hydrogen-bond acceptors (Lipinski definition) is 3. The standard InChI is InChI=1S/C14H17ClO3/c1-8-5-10-12(15)9(7-14(16)3-4-14)6-11(17-2)13(10)18-8/h6,8,16H,3-5,7H2,1-2H3. The summed E-state index contributed by atoms with van der Waals surface area (Å²) in [6.45, 7) is 2.02. The highest BCUT2D eigenvalue weighted by molar-refractivity contribution is 6.32. The highest BCUT2D eigenvalue weighted by Gasteiger charge is 2.41. The lowest BCUT2D eigenvalue weighted by Crippen LogP contribution is -2.11. The third-order valence-corrected chi connectivity index (χ3v) is 4.20. The molecule has 1 atom stereocenters. The zero-order chi connectivity index (χ0) is 12.9. The summed E-state index contributed by atoms with van der Waals surface area (Å²) >= 11 is 6.44. The van der Waals surface area contributed by atoms with E-state index < -0.39 is 5.60 Å².